The molecular formula is C21H20N2. The zero-order valence-electron chi connectivity index (χ0n) is 13.0. The highest BCUT2D eigenvalue weighted by atomic mass is 15.3. The van der Waals surface area contributed by atoms with Crippen LogP contribution in [-0.2, 0) is 13.0 Å². The lowest BCUT2D eigenvalue weighted by molar-refractivity contribution is 0.742. The SMILES string of the molecule is c1ccc(CNN=C(Cc2ccccc2)c2ccccc2)cc1. The van der Waals surface area contributed by atoms with Gasteiger partial charge in [-0.25, -0.2) is 0 Å². The van der Waals surface area contributed by atoms with Gasteiger partial charge in [0.25, 0.3) is 0 Å². The Morgan fingerprint density at radius 2 is 1.17 bits per heavy atom. The predicted octanol–water partition coefficient (Wildman–Crippen LogP) is 4.42. The quantitative estimate of drug-likeness (QED) is 0.529. The molecule has 1 N–H and O–H groups in total. The number of nitrogens with zero attached hydrogens (tertiary/aromatic N) is 1. The Balaban J connectivity index is 1.76. The van der Waals surface area contributed by atoms with Gasteiger partial charge in [0.05, 0.1) is 12.3 Å². The third kappa shape index (κ3) is 4.55. The molecular weight excluding hydrogens is 280 g/mol. The molecule has 23 heavy (non-hydrogen) atoms. The molecule has 3 aromatic carbocycles. The van der Waals surface area contributed by atoms with Gasteiger partial charge < -0.3 is 5.43 Å². The molecule has 0 atom stereocenters. The smallest absolute Gasteiger partial charge is 0.0719 e. The predicted molar refractivity (Wildman–Crippen MR) is 96.4 cm³/mol. The van der Waals surface area contributed by atoms with Gasteiger partial charge in [-0.3, -0.25) is 0 Å². The lowest BCUT2D eigenvalue weighted by atomic mass is 10.0. The molecule has 3 rings (SSSR count). The second-order valence-corrected chi connectivity index (χ2v) is 5.41. The van der Waals surface area contributed by atoms with Crippen molar-refractivity contribution in [3.05, 3.63) is 108 Å². The molecule has 0 radical (unpaired) electrons. The lowest BCUT2D eigenvalue weighted by Gasteiger charge is -2.09. The Morgan fingerprint density at radius 3 is 1.78 bits per heavy atom. The van der Waals surface area contributed by atoms with Crippen LogP contribution < -0.4 is 5.43 Å². The van der Waals surface area contributed by atoms with E-state index in [1.54, 1.807) is 0 Å². The van der Waals surface area contributed by atoms with Gasteiger partial charge in [0.15, 0.2) is 0 Å². The van der Waals surface area contributed by atoms with Crippen LogP contribution in [0.15, 0.2) is 96.1 Å². The summed E-state index contributed by atoms with van der Waals surface area (Å²) in [6.45, 7) is 0.728. The van der Waals surface area contributed by atoms with Crippen LogP contribution in [0.4, 0.5) is 0 Å². The van der Waals surface area contributed by atoms with Gasteiger partial charge in [-0.05, 0) is 16.7 Å². The average Bonchev–Trinajstić information content (AvgIpc) is 2.63. The second kappa shape index (κ2) is 7.95. The van der Waals surface area contributed by atoms with E-state index in [-0.39, 0.29) is 0 Å². The largest absolute Gasteiger partial charge is 0.305 e. The molecule has 0 aliphatic carbocycles. The van der Waals surface area contributed by atoms with Crippen molar-refractivity contribution in [2.24, 2.45) is 5.10 Å². The molecule has 0 heterocycles. The fraction of sp³-hybridized carbons (Fsp3) is 0.0952. The number of hydrogen-bond acceptors (Lipinski definition) is 2. The molecule has 0 bridgehead atoms. The summed E-state index contributed by atoms with van der Waals surface area (Å²) in [6.07, 6.45) is 0.812. The first-order chi connectivity index (χ1) is 11.4. The van der Waals surface area contributed by atoms with Crippen molar-refractivity contribution in [2.75, 3.05) is 0 Å². The van der Waals surface area contributed by atoms with Gasteiger partial charge in [-0.1, -0.05) is 91.0 Å². The maximum absolute atomic E-state index is 4.65. The van der Waals surface area contributed by atoms with Crippen molar-refractivity contribution in [3.63, 3.8) is 0 Å². The number of rotatable bonds is 6. The summed E-state index contributed by atoms with van der Waals surface area (Å²) in [5.74, 6) is 0. The molecule has 2 heteroatoms. The van der Waals surface area contributed by atoms with Crippen LogP contribution in [0.25, 0.3) is 0 Å². The molecule has 114 valence electrons. The van der Waals surface area contributed by atoms with E-state index in [0.717, 1.165) is 24.2 Å². The van der Waals surface area contributed by atoms with Gasteiger partial charge in [0, 0.05) is 6.42 Å². The van der Waals surface area contributed by atoms with Crippen LogP contribution in [-0.4, -0.2) is 5.71 Å². The molecule has 0 fully saturated rings. The Labute approximate surface area is 137 Å². The zero-order chi connectivity index (χ0) is 15.7. The molecule has 3 aromatic rings. The Hall–Kier alpha value is -2.87. The van der Waals surface area contributed by atoms with E-state index in [1.807, 2.05) is 42.5 Å². The van der Waals surface area contributed by atoms with E-state index < -0.39 is 0 Å². The highest BCUT2D eigenvalue weighted by Gasteiger charge is 2.05. The van der Waals surface area contributed by atoms with Crippen LogP contribution in [0.2, 0.25) is 0 Å². The molecule has 0 unspecified atom stereocenters. The van der Waals surface area contributed by atoms with Crippen molar-refractivity contribution in [1.29, 1.82) is 0 Å². The first kappa shape index (κ1) is 15.0. The third-order valence-electron chi connectivity index (χ3n) is 3.66. The van der Waals surface area contributed by atoms with Crippen molar-refractivity contribution in [2.45, 2.75) is 13.0 Å². The van der Waals surface area contributed by atoms with Gasteiger partial charge >= 0.3 is 0 Å². The summed E-state index contributed by atoms with van der Waals surface area (Å²) in [6, 6.07) is 31.1. The first-order valence-corrected chi connectivity index (χ1v) is 7.84. The van der Waals surface area contributed by atoms with Gasteiger partial charge in [0.2, 0.25) is 0 Å². The highest BCUT2D eigenvalue weighted by Crippen LogP contribution is 2.08. The Bertz CT molecular complexity index is 735. The summed E-state index contributed by atoms with van der Waals surface area (Å²) in [7, 11) is 0. The average molecular weight is 300 g/mol. The van der Waals surface area contributed by atoms with Crippen molar-refractivity contribution >= 4 is 5.71 Å². The van der Waals surface area contributed by atoms with Gasteiger partial charge in [-0.15, -0.1) is 0 Å². The normalized spacial score (nSPS) is 11.2. The lowest BCUT2D eigenvalue weighted by Crippen LogP contribution is -2.13. The fourth-order valence-electron chi connectivity index (χ4n) is 2.45. The summed E-state index contributed by atoms with van der Waals surface area (Å²) in [4.78, 5) is 0. The molecule has 0 amide bonds. The number of hydrazone groups is 1. The van der Waals surface area contributed by atoms with Crippen molar-refractivity contribution in [1.82, 2.24) is 5.43 Å². The minimum Gasteiger partial charge on any atom is -0.305 e. The van der Waals surface area contributed by atoms with Crippen LogP contribution in [0.1, 0.15) is 16.7 Å². The Kier molecular flexibility index (Phi) is 5.20. The molecule has 0 aliphatic rings. The molecule has 2 nitrogen and oxygen atoms in total. The van der Waals surface area contributed by atoms with Crippen LogP contribution in [0, 0.1) is 0 Å². The van der Waals surface area contributed by atoms with Crippen molar-refractivity contribution in [3.8, 4) is 0 Å². The third-order valence-corrected chi connectivity index (χ3v) is 3.66. The topological polar surface area (TPSA) is 24.4 Å². The van der Waals surface area contributed by atoms with Crippen LogP contribution >= 0.6 is 0 Å². The highest BCUT2D eigenvalue weighted by molar-refractivity contribution is 6.01. The minimum absolute atomic E-state index is 0.728. The van der Waals surface area contributed by atoms with Crippen molar-refractivity contribution < 1.29 is 0 Å². The molecule has 0 spiro atoms. The summed E-state index contributed by atoms with van der Waals surface area (Å²) in [5, 5.41) is 4.65. The fourth-order valence-corrected chi connectivity index (χ4v) is 2.45. The van der Waals surface area contributed by atoms with E-state index in [1.165, 1.54) is 11.1 Å². The van der Waals surface area contributed by atoms with E-state index in [2.05, 4.69) is 59.1 Å². The molecule has 0 saturated carbocycles. The molecule has 0 saturated heterocycles. The standard InChI is InChI=1S/C21H20N2/c1-4-10-18(11-5-1)16-21(20-14-8-3-9-15-20)23-22-17-19-12-6-2-7-13-19/h1-15,22H,16-17H2. The van der Waals surface area contributed by atoms with E-state index >= 15 is 0 Å². The minimum atomic E-state index is 0.728. The van der Waals surface area contributed by atoms with Crippen LogP contribution in [0.5, 0.6) is 0 Å². The summed E-state index contributed by atoms with van der Waals surface area (Å²) >= 11 is 0. The maximum atomic E-state index is 4.65. The van der Waals surface area contributed by atoms with E-state index in [0.29, 0.717) is 0 Å². The zero-order valence-corrected chi connectivity index (χ0v) is 13.0. The molecule has 0 aromatic heterocycles. The number of nitrogens with one attached hydrogen (secondary N) is 1. The summed E-state index contributed by atoms with van der Waals surface area (Å²) in [5.41, 5.74) is 7.89. The van der Waals surface area contributed by atoms with Crippen LogP contribution in [0.3, 0.4) is 0 Å². The number of benzene rings is 3. The maximum Gasteiger partial charge on any atom is 0.0719 e. The monoisotopic (exact) mass is 300 g/mol. The number of hydrogen-bond donors (Lipinski definition) is 1. The summed E-state index contributed by atoms with van der Waals surface area (Å²) < 4.78 is 0. The van der Waals surface area contributed by atoms with E-state index in [4.69, 9.17) is 0 Å². The van der Waals surface area contributed by atoms with Gasteiger partial charge in [0.1, 0.15) is 0 Å². The Morgan fingerprint density at radius 1 is 0.652 bits per heavy atom. The van der Waals surface area contributed by atoms with E-state index in [9.17, 15) is 0 Å². The molecule has 0 aliphatic heterocycles. The first-order valence-electron chi connectivity index (χ1n) is 7.84. The van der Waals surface area contributed by atoms with Gasteiger partial charge in [-0.2, -0.15) is 5.10 Å². The second-order valence-electron chi connectivity index (χ2n) is 5.41.